The highest BCUT2D eigenvalue weighted by Crippen LogP contribution is 2.24. The van der Waals surface area contributed by atoms with Gasteiger partial charge in [0.25, 0.3) is 5.91 Å². The van der Waals surface area contributed by atoms with Gasteiger partial charge in [0.1, 0.15) is 0 Å². The minimum atomic E-state index is 0. The highest BCUT2D eigenvalue weighted by molar-refractivity contribution is 6.06. The van der Waals surface area contributed by atoms with Gasteiger partial charge in [-0.3, -0.25) is 9.78 Å². The van der Waals surface area contributed by atoms with Gasteiger partial charge in [-0.25, -0.2) is 0 Å². The molecule has 1 amide bonds. The topological polar surface area (TPSA) is 59.0 Å². The van der Waals surface area contributed by atoms with Crippen molar-refractivity contribution < 1.29 is 4.79 Å². The van der Waals surface area contributed by atoms with E-state index in [1.165, 1.54) is 0 Å². The molecule has 0 radical (unpaired) electrons. The zero-order chi connectivity index (χ0) is 14.8. The molecule has 2 N–H and O–H groups in total. The number of aromatic nitrogens is 2. The molecule has 0 aliphatic carbocycles. The molecule has 3 heterocycles. The smallest absolute Gasteiger partial charge is 0.253 e. The molecule has 1 saturated heterocycles. The molecule has 2 aromatic heterocycles. The Kier molecular flexibility index (Phi) is 5.42. The Labute approximate surface area is 136 Å². The number of halogens is 1. The number of carbonyl (C=O) groups excluding carboxylic acids is 1. The second-order valence-electron chi connectivity index (χ2n) is 5.93. The van der Waals surface area contributed by atoms with Gasteiger partial charge in [0.15, 0.2) is 0 Å². The predicted octanol–water partition coefficient (Wildman–Crippen LogP) is 2.52. The highest BCUT2D eigenvalue weighted by Gasteiger charge is 2.20. The first-order valence-electron chi connectivity index (χ1n) is 7.63. The fourth-order valence-corrected chi connectivity index (χ4v) is 2.94. The van der Waals surface area contributed by atoms with Crippen LogP contribution in [0, 0.1) is 0 Å². The summed E-state index contributed by atoms with van der Waals surface area (Å²) < 4.78 is 2.13. The van der Waals surface area contributed by atoms with Crippen LogP contribution in [0.2, 0.25) is 0 Å². The molecule has 1 fully saturated rings. The molecule has 22 heavy (non-hydrogen) atoms. The largest absolute Gasteiger partial charge is 0.349 e. The van der Waals surface area contributed by atoms with E-state index in [-0.39, 0.29) is 24.4 Å². The Bertz CT molecular complexity index is 647. The number of amides is 1. The number of pyridine rings is 1. The molecule has 1 aliphatic rings. The number of nitrogens with one attached hydrogen (secondary N) is 2. The molecule has 6 heteroatoms. The summed E-state index contributed by atoms with van der Waals surface area (Å²) in [7, 11) is 0. The summed E-state index contributed by atoms with van der Waals surface area (Å²) >= 11 is 0. The molecule has 2 aromatic rings. The number of carbonyl (C=O) groups is 1. The van der Waals surface area contributed by atoms with Gasteiger partial charge in [0.2, 0.25) is 0 Å². The molecular formula is C16H23ClN4O. The summed E-state index contributed by atoms with van der Waals surface area (Å²) in [5.41, 5.74) is 1.79. The minimum absolute atomic E-state index is 0. The monoisotopic (exact) mass is 322 g/mol. The molecule has 0 unspecified atom stereocenters. The van der Waals surface area contributed by atoms with Gasteiger partial charge in [-0.1, -0.05) is 0 Å². The predicted molar refractivity (Wildman–Crippen MR) is 90.7 cm³/mol. The fraction of sp³-hybridized carbons (Fsp3) is 0.500. The normalized spacial score (nSPS) is 15.8. The van der Waals surface area contributed by atoms with Gasteiger partial charge in [0.05, 0.1) is 11.1 Å². The molecule has 3 rings (SSSR count). The van der Waals surface area contributed by atoms with Gasteiger partial charge in [-0.05, 0) is 45.8 Å². The number of rotatable bonds is 3. The third kappa shape index (κ3) is 3.25. The van der Waals surface area contributed by atoms with Crippen LogP contribution in [0.5, 0.6) is 0 Å². The first-order valence-corrected chi connectivity index (χ1v) is 7.63. The lowest BCUT2D eigenvalue weighted by Crippen LogP contribution is -2.42. The van der Waals surface area contributed by atoms with Gasteiger partial charge in [0, 0.05) is 36.1 Å². The first-order chi connectivity index (χ1) is 10.2. The highest BCUT2D eigenvalue weighted by atomic mass is 35.5. The van der Waals surface area contributed by atoms with Gasteiger partial charge in [-0.15, -0.1) is 12.4 Å². The number of nitrogens with zero attached hydrogens (tertiary/aromatic N) is 2. The van der Waals surface area contributed by atoms with Crippen molar-refractivity contribution in [3.8, 4) is 0 Å². The Hall–Kier alpha value is -1.59. The van der Waals surface area contributed by atoms with Crippen molar-refractivity contribution >= 4 is 29.2 Å². The number of hydrogen-bond donors (Lipinski definition) is 2. The Morgan fingerprint density at radius 1 is 1.41 bits per heavy atom. The fourth-order valence-electron chi connectivity index (χ4n) is 2.94. The molecular weight excluding hydrogens is 300 g/mol. The molecule has 0 atom stereocenters. The molecule has 5 nitrogen and oxygen atoms in total. The van der Waals surface area contributed by atoms with E-state index in [0.29, 0.717) is 6.04 Å². The van der Waals surface area contributed by atoms with Gasteiger partial charge in [-0.2, -0.15) is 0 Å². The Morgan fingerprint density at radius 3 is 2.82 bits per heavy atom. The SMILES string of the molecule is CC(C)n1cc(C(=O)NC2CCNCC2)c2cnccc21.Cl. The van der Waals surface area contributed by atoms with Crippen LogP contribution in [0.15, 0.2) is 24.7 Å². The molecule has 0 spiro atoms. The second-order valence-corrected chi connectivity index (χ2v) is 5.93. The van der Waals surface area contributed by atoms with Crippen LogP contribution in [-0.2, 0) is 0 Å². The van der Waals surface area contributed by atoms with E-state index in [1.807, 2.05) is 12.3 Å². The third-order valence-electron chi connectivity index (χ3n) is 4.11. The van der Waals surface area contributed by atoms with E-state index in [9.17, 15) is 4.79 Å². The number of hydrogen-bond acceptors (Lipinski definition) is 3. The average molecular weight is 323 g/mol. The summed E-state index contributed by atoms with van der Waals surface area (Å²) in [5, 5.41) is 7.40. The van der Waals surface area contributed by atoms with E-state index >= 15 is 0 Å². The lowest BCUT2D eigenvalue weighted by Gasteiger charge is -2.23. The van der Waals surface area contributed by atoms with Crippen molar-refractivity contribution in [2.75, 3.05) is 13.1 Å². The Morgan fingerprint density at radius 2 is 2.14 bits per heavy atom. The third-order valence-corrected chi connectivity index (χ3v) is 4.11. The molecule has 0 bridgehead atoms. The molecule has 1 aliphatic heterocycles. The maximum atomic E-state index is 12.6. The van der Waals surface area contributed by atoms with E-state index in [2.05, 4.69) is 34.0 Å². The maximum Gasteiger partial charge on any atom is 0.253 e. The van der Waals surface area contributed by atoms with Gasteiger partial charge >= 0.3 is 0 Å². The van der Waals surface area contributed by atoms with Crippen LogP contribution in [0.25, 0.3) is 10.9 Å². The zero-order valence-electron chi connectivity index (χ0n) is 13.0. The van der Waals surface area contributed by atoms with Crippen LogP contribution in [0.3, 0.4) is 0 Å². The van der Waals surface area contributed by atoms with E-state index in [4.69, 9.17) is 0 Å². The van der Waals surface area contributed by atoms with Crippen molar-refractivity contribution in [1.29, 1.82) is 0 Å². The van der Waals surface area contributed by atoms with Crippen molar-refractivity contribution in [3.05, 3.63) is 30.2 Å². The maximum absolute atomic E-state index is 12.6. The zero-order valence-corrected chi connectivity index (χ0v) is 13.8. The lowest BCUT2D eigenvalue weighted by molar-refractivity contribution is 0.0931. The molecule has 120 valence electrons. The van der Waals surface area contributed by atoms with E-state index in [0.717, 1.165) is 42.4 Å². The second kappa shape index (κ2) is 7.11. The van der Waals surface area contributed by atoms with E-state index < -0.39 is 0 Å². The van der Waals surface area contributed by atoms with Gasteiger partial charge < -0.3 is 15.2 Å². The minimum Gasteiger partial charge on any atom is -0.349 e. The number of fused-ring (bicyclic) bond motifs is 1. The van der Waals surface area contributed by atoms with Crippen molar-refractivity contribution in [2.45, 2.75) is 38.8 Å². The summed E-state index contributed by atoms with van der Waals surface area (Å²) in [6, 6.07) is 2.56. The molecule has 0 aromatic carbocycles. The lowest BCUT2D eigenvalue weighted by atomic mass is 10.1. The van der Waals surface area contributed by atoms with Crippen molar-refractivity contribution in [1.82, 2.24) is 20.2 Å². The average Bonchev–Trinajstić information content (AvgIpc) is 2.88. The standard InChI is InChI=1S/C16H22N4O.ClH/c1-11(2)20-10-14(13-9-18-8-5-15(13)20)16(21)19-12-3-6-17-7-4-12;/h5,8-12,17H,3-4,6-7H2,1-2H3,(H,19,21);1H. The van der Waals surface area contributed by atoms with Crippen LogP contribution in [-0.4, -0.2) is 34.6 Å². The van der Waals surface area contributed by atoms with Crippen molar-refractivity contribution in [3.63, 3.8) is 0 Å². The van der Waals surface area contributed by atoms with E-state index in [1.54, 1.807) is 12.4 Å². The quantitative estimate of drug-likeness (QED) is 0.913. The first kappa shape index (κ1) is 16.8. The summed E-state index contributed by atoms with van der Waals surface area (Å²) in [6.07, 6.45) is 7.49. The summed E-state index contributed by atoms with van der Waals surface area (Å²) in [6.45, 7) is 6.18. The Balaban J connectivity index is 0.00000176. The van der Waals surface area contributed by atoms with Crippen LogP contribution in [0.4, 0.5) is 0 Å². The van der Waals surface area contributed by atoms with Crippen LogP contribution in [0.1, 0.15) is 43.1 Å². The molecule has 0 saturated carbocycles. The van der Waals surface area contributed by atoms with Crippen LogP contribution < -0.4 is 10.6 Å². The summed E-state index contributed by atoms with van der Waals surface area (Å²) in [4.78, 5) is 16.8. The van der Waals surface area contributed by atoms with Crippen LogP contribution >= 0.6 is 12.4 Å². The number of piperidine rings is 1. The van der Waals surface area contributed by atoms with Crippen molar-refractivity contribution in [2.24, 2.45) is 0 Å². The summed E-state index contributed by atoms with van der Waals surface area (Å²) in [5.74, 6) is 0.0132.